The second-order valence-corrected chi connectivity index (χ2v) is 11.7. The van der Waals surface area contributed by atoms with Gasteiger partial charge in [-0.3, -0.25) is 9.69 Å². The number of benzene rings is 1. The first-order chi connectivity index (χ1) is 15.5. The zero-order valence-corrected chi connectivity index (χ0v) is 21.0. The van der Waals surface area contributed by atoms with Crippen LogP contribution in [0.2, 0.25) is 0 Å². The summed E-state index contributed by atoms with van der Waals surface area (Å²) in [7, 11) is 1.62. The molecule has 6 heteroatoms. The van der Waals surface area contributed by atoms with E-state index in [0.29, 0.717) is 29.8 Å². The molecule has 1 aromatic carbocycles. The quantitative estimate of drug-likeness (QED) is 0.607. The Morgan fingerprint density at radius 3 is 2.36 bits per heavy atom. The molecule has 2 N–H and O–H groups in total. The fourth-order valence-electron chi connectivity index (χ4n) is 4.73. The zero-order valence-electron chi connectivity index (χ0n) is 20.2. The normalized spacial score (nSPS) is 20.6. The first-order valence-electron chi connectivity index (χ1n) is 11.2. The van der Waals surface area contributed by atoms with Crippen LogP contribution in [0.5, 0.6) is 5.75 Å². The highest BCUT2D eigenvalue weighted by molar-refractivity contribution is 7.12. The Morgan fingerprint density at radius 2 is 1.82 bits per heavy atom. The van der Waals surface area contributed by atoms with E-state index >= 15 is 0 Å². The minimum atomic E-state index is -0.427. The van der Waals surface area contributed by atoms with E-state index in [4.69, 9.17) is 10.5 Å². The lowest BCUT2D eigenvalue weighted by atomic mass is 9.69. The highest BCUT2D eigenvalue weighted by Crippen LogP contribution is 2.51. The minimum absolute atomic E-state index is 0.00937. The molecule has 2 aliphatic rings. The fourth-order valence-corrected chi connectivity index (χ4v) is 5.92. The van der Waals surface area contributed by atoms with Crippen LogP contribution in [0.25, 0.3) is 0 Å². The van der Waals surface area contributed by atoms with Crippen molar-refractivity contribution in [2.24, 2.45) is 11.1 Å². The maximum atomic E-state index is 13.6. The maximum Gasteiger partial charge on any atom is 0.162 e. The van der Waals surface area contributed by atoms with Gasteiger partial charge in [-0.25, -0.2) is 0 Å². The number of rotatable bonds is 3. The average molecular weight is 462 g/mol. The lowest BCUT2D eigenvalue weighted by molar-refractivity contribution is -0.118. The van der Waals surface area contributed by atoms with Crippen LogP contribution in [0.1, 0.15) is 63.1 Å². The molecule has 0 fully saturated rings. The number of Topliss-reactive ketones (excluding diaryl/α,β-unsaturated/α-hetero) is 1. The Labute approximate surface area is 200 Å². The summed E-state index contributed by atoms with van der Waals surface area (Å²) < 4.78 is 5.31. The van der Waals surface area contributed by atoms with Gasteiger partial charge in [0.05, 0.1) is 24.7 Å². The Kier molecular flexibility index (Phi) is 5.66. The number of nitrogens with two attached hydrogens (primary N) is 1. The third-order valence-corrected chi connectivity index (χ3v) is 7.94. The Bertz CT molecular complexity index is 1200. The summed E-state index contributed by atoms with van der Waals surface area (Å²) in [6.07, 6.45) is 1.16. The van der Waals surface area contributed by atoms with Crippen molar-refractivity contribution in [1.82, 2.24) is 0 Å². The van der Waals surface area contributed by atoms with Gasteiger partial charge >= 0.3 is 0 Å². The van der Waals surface area contributed by atoms with Gasteiger partial charge in [-0.05, 0) is 53.6 Å². The molecule has 1 aliphatic carbocycles. The second kappa shape index (κ2) is 8.07. The largest absolute Gasteiger partial charge is 0.497 e. The van der Waals surface area contributed by atoms with E-state index in [2.05, 4.69) is 52.8 Å². The molecule has 0 spiro atoms. The summed E-state index contributed by atoms with van der Waals surface area (Å²) in [5, 5.41) is 10.2. The molecule has 1 atom stereocenters. The van der Waals surface area contributed by atoms with Crippen LogP contribution < -0.4 is 15.4 Å². The van der Waals surface area contributed by atoms with Crippen LogP contribution >= 0.6 is 11.3 Å². The molecular weight excluding hydrogens is 430 g/mol. The third kappa shape index (κ3) is 4.06. The first kappa shape index (κ1) is 23.1. The van der Waals surface area contributed by atoms with Gasteiger partial charge in [0.2, 0.25) is 0 Å². The summed E-state index contributed by atoms with van der Waals surface area (Å²) in [6.45, 7) is 10.7. The van der Waals surface area contributed by atoms with Crippen molar-refractivity contribution < 1.29 is 9.53 Å². The van der Waals surface area contributed by atoms with Gasteiger partial charge in [-0.15, -0.1) is 11.3 Å². The molecule has 33 heavy (non-hydrogen) atoms. The number of carbonyl (C=O) groups is 1. The molecule has 0 amide bonds. The Hall–Kier alpha value is -3.04. The number of carbonyl (C=O) groups excluding carboxylic acids is 1. The van der Waals surface area contributed by atoms with E-state index in [0.717, 1.165) is 22.0 Å². The number of allylic oxidation sites excluding steroid dienone is 3. The molecule has 1 aliphatic heterocycles. The van der Waals surface area contributed by atoms with Crippen molar-refractivity contribution >= 4 is 22.8 Å². The number of anilines is 1. The molecule has 4 rings (SSSR count). The zero-order chi connectivity index (χ0) is 24.1. The molecule has 5 nitrogen and oxygen atoms in total. The van der Waals surface area contributed by atoms with Crippen molar-refractivity contribution in [3.63, 3.8) is 0 Å². The molecule has 0 bridgehead atoms. The molecule has 0 saturated heterocycles. The monoisotopic (exact) mass is 461 g/mol. The highest BCUT2D eigenvalue weighted by atomic mass is 32.1. The summed E-state index contributed by atoms with van der Waals surface area (Å²) in [4.78, 5) is 17.7. The van der Waals surface area contributed by atoms with Gasteiger partial charge in [0, 0.05) is 33.1 Å². The lowest BCUT2D eigenvalue weighted by Crippen LogP contribution is -2.42. The Balaban J connectivity index is 1.94. The molecular formula is C27H31N3O2S. The molecule has 0 radical (unpaired) electrons. The predicted molar refractivity (Wildman–Crippen MR) is 133 cm³/mol. The second-order valence-electron chi connectivity index (χ2n) is 10.6. The van der Waals surface area contributed by atoms with Crippen LogP contribution in [-0.2, 0) is 10.2 Å². The van der Waals surface area contributed by atoms with E-state index in [1.165, 1.54) is 4.88 Å². The Morgan fingerprint density at radius 1 is 1.15 bits per heavy atom. The maximum absolute atomic E-state index is 13.6. The van der Waals surface area contributed by atoms with E-state index in [-0.39, 0.29) is 16.6 Å². The number of ether oxygens (including phenoxy) is 1. The van der Waals surface area contributed by atoms with Crippen LogP contribution in [-0.4, -0.2) is 12.9 Å². The summed E-state index contributed by atoms with van der Waals surface area (Å²) in [6, 6.07) is 14.1. The molecule has 0 unspecified atom stereocenters. The highest BCUT2D eigenvalue weighted by Gasteiger charge is 2.45. The van der Waals surface area contributed by atoms with Gasteiger partial charge < -0.3 is 10.5 Å². The van der Waals surface area contributed by atoms with Crippen molar-refractivity contribution in [3.8, 4) is 11.8 Å². The van der Waals surface area contributed by atoms with Gasteiger partial charge in [0.15, 0.2) is 5.78 Å². The molecule has 0 saturated carbocycles. The summed E-state index contributed by atoms with van der Waals surface area (Å²) in [5.74, 6) is 0.793. The number of hydrogen-bond donors (Lipinski definition) is 1. The van der Waals surface area contributed by atoms with Gasteiger partial charge in [0.1, 0.15) is 11.6 Å². The molecule has 172 valence electrons. The molecule has 1 aromatic heterocycles. The van der Waals surface area contributed by atoms with Gasteiger partial charge in [-0.1, -0.05) is 34.6 Å². The van der Waals surface area contributed by atoms with E-state index < -0.39 is 5.92 Å². The van der Waals surface area contributed by atoms with Crippen LogP contribution in [0.4, 0.5) is 5.69 Å². The fraction of sp³-hybridized carbons (Fsp3) is 0.407. The topological polar surface area (TPSA) is 79.3 Å². The van der Waals surface area contributed by atoms with Gasteiger partial charge in [-0.2, -0.15) is 5.26 Å². The first-order valence-corrected chi connectivity index (χ1v) is 12.0. The number of methoxy groups -OCH3 is 1. The smallest absolute Gasteiger partial charge is 0.162 e. The van der Waals surface area contributed by atoms with Crippen molar-refractivity contribution in [2.75, 3.05) is 12.0 Å². The standard InChI is InChI=1S/C27H31N3O2S/c1-26(2,3)22-12-11-21(33-22)23-18(15-28)25(29)30(16-7-9-17(32-6)10-8-16)19-13-27(4,5)14-20(31)24(19)23/h7-12,23H,13-14,29H2,1-6H3/t23-/m0/s1. The average Bonchev–Trinajstić information content (AvgIpc) is 3.23. The lowest BCUT2D eigenvalue weighted by Gasteiger charge is -2.43. The molecule has 2 heterocycles. The van der Waals surface area contributed by atoms with Crippen molar-refractivity contribution in [3.05, 3.63) is 68.8 Å². The number of ketones is 1. The van der Waals surface area contributed by atoms with E-state index in [1.807, 2.05) is 29.2 Å². The number of nitriles is 1. The van der Waals surface area contributed by atoms with E-state index in [1.54, 1.807) is 18.4 Å². The SMILES string of the molecule is COc1ccc(N2C(N)=C(C#N)[C@@H](c3ccc(C(C)(C)C)s3)C3=C2CC(C)(C)CC3=O)cc1. The van der Waals surface area contributed by atoms with Crippen LogP contribution in [0.15, 0.2) is 59.1 Å². The number of thiophene rings is 1. The third-order valence-electron chi connectivity index (χ3n) is 6.36. The van der Waals surface area contributed by atoms with E-state index in [9.17, 15) is 10.1 Å². The van der Waals surface area contributed by atoms with Crippen LogP contribution in [0.3, 0.4) is 0 Å². The van der Waals surface area contributed by atoms with Crippen molar-refractivity contribution in [1.29, 1.82) is 5.26 Å². The number of nitrogens with zero attached hydrogens (tertiary/aromatic N) is 2. The van der Waals surface area contributed by atoms with Gasteiger partial charge in [0.25, 0.3) is 0 Å². The van der Waals surface area contributed by atoms with Crippen molar-refractivity contribution in [2.45, 2.75) is 58.8 Å². The summed E-state index contributed by atoms with van der Waals surface area (Å²) >= 11 is 1.66. The summed E-state index contributed by atoms with van der Waals surface area (Å²) in [5.41, 5.74) is 9.36. The molecule has 2 aromatic rings. The van der Waals surface area contributed by atoms with Crippen LogP contribution in [0, 0.1) is 16.7 Å². The predicted octanol–water partition coefficient (Wildman–Crippen LogP) is 6.00. The minimum Gasteiger partial charge on any atom is -0.497 e. The number of hydrogen-bond acceptors (Lipinski definition) is 6.